The van der Waals surface area contributed by atoms with Crippen LogP contribution in [0.3, 0.4) is 0 Å². The maximum atomic E-state index is 11.6. The van der Waals surface area contributed by atoms with E-state index in [4.69, 9.17) is 11.6 Å². The summed E-state index contributed by atoms with van der Waals surface area (Å²) in [6.45, 7) is 0. The van der Waals surface area contributed by atoms with Gasteiger partial charge in [0, 0.05) is 12.3 Å². The Morgan fingerprint density at radius 2 is 2.18 bits per heavy atom. The van der Waals surface area contributed by atoms with Crippen LogP contribution in [0.25, 0.3) is 10.2 Å². The van der Waals surface area contributed by atoms with Crippen molar-refractivity contribution in [3.05, 3.63) is 24.3 Å². The van der Waals surface area contributed by atoms with Gasteiger partial charge in [0.25, 0.3) is 0 Å². The highest BCUT2D eigenvalue weighted by Crippen LogP contribution is 2.25. The third kappa shape index (κ3) is 3.41. The lowest BCUT2D eigenvalue weighted by Gasteiger charge is -1.99. The molecule has 0 bridgehead atoms. The second-order valence-electron chi connectivity index (χ2n) is 3.68. The summed E-state index contributed by atoms with van der Waals surface area (Å²) in [7, 11) is 0. The van der Waals surface area contributed by atoms with E-state index in [-0.39, 0.29) is 5.91 Å². The fourth-order valence-electron chi connectivity index (χ4n) is 1.49. The number of nitrogens with one attached hydrogen (secondary N) is 1. The largest absolute Gasteiger partial charge is 0.302 e. The van der Waals surface area contributed by atoms with Crippen LogP contribution in [0.15, 0.2) is 24.3 Å². The van der Waals surface area contributed by atoms with Crippen LogP contribution in [0.1, 0.15) is 19.3 Å². The molecule has 0 atom stereocenters. The van der Waals surface area contributed by atoms with Gasteiger partial charge >= 0.3 is 0 Å². The van der Waals surface area contributed by atoms with E-state index >= 15 is 0 Å². The maximum absolute atomic E-state index is 11.6. The molecule has 17 heavy (non-hydrogen) atoms. The van der Waals surface area contributed by atoms with Crippen LogP contribution in [0.4, 0.5) is 5.13 Å². The molecule has 1 aromatic carbocycles. The molecule has 2 aromatic rings. The highest BCUT2D eigenvalue weighted by Gasteiger charge is 2.06. The Labute approximate surface area is 109 Å². The Kier molecular flexibility index (Phi) is 4.34. The molecule has 90 valence electrons. The molecule has 1 heterocycles. The van der Waals surface area contributed by atoms with E-state index in [9.17, 15) is 4.79 Å². The van der Waals surface area contributed by atoms with Crippen LogP contribution in [0.2, 0.25) is 0 Å². The monoisotopic (exact) mass is 268 g/mol. The number of aromatic nitrogens is 1. The summed E-state index contributed by atoms with van der Waals surface area (Å²) in [5.74, 6) is 0.614. The van der Waals surface area contributed by atoms with Crippen molar-refractivity contribution in [1.82, 2.24) is 4.98 Å². The molecule has 0 aliphatic carbocycles. The predicted molar refractivity (Wildman–Crippen MR) is 72.8 cm³/mol. The summed E-state index contributed by atoms with van der Waals surface area (Å²) in [4.78, 5) is 15.9. The molecule has 0 unspecified atom stereocenters. The van der Waals surface area contributed by atoms with Gasteiger partial charge in [-0.3, -0.25) is 4.79 Å². The lowest BCUT2D eigenvalue weighted by Crippen LogP contribution is -2.10. The SMILES string of the molecule is O=C(CCCCCl)Nc1nc2ccccc2s1. The van der Waals surface area contributed by atoms with Gasteiger partial charge < -0.3 is 5.32 Å². The fourth-order valence-corrected chi connectivity index (χ4v) is 2.56. The van der Waals surface area contributed by atoms with Gasteiger partial charge in [-0.1, -0.05) is 23.5 Å². The van der Waals surface area contributed by atoms with Crippen molar-refractivity contribution in [2.45, 2.75) is 19.3 Å². The molecular formula is C12H13ClN2OS. The molecule has 3 nitrogen and oxygen atoms in total. The average Bonchev–Trinajstić information content (AvgIpc) is 2.71. The number of fused-ring (bicyclic) bond motifs is 1. The number of unbranched alkanes of at least 4 members (excludes halogenated alkanes) is 1. The van der Waals surface area contributed by atoms with Crippen LogP contribution in [-0.2, 0) is 4.79 Å². The number of benzene rings is 1. The van der Waals surface area contributed by atoms with Crippen LogP contribution < -0.4 is 5.32 Å². The van der Waals surface area contributed by atoms with Crippen LogP contribution in [-0.4, -0.2) is 16.8 Å². The average molecular weight is 269 g/mol. The second-order valence-corrected chi connectivity index (χ2v) is 5.09. The summed E-state index contributed by atoms with van der Waals surface area (Å²) < 4.78 is 1.09. The molecule has 5 heteroatoms. The number of amides is 1. The molecule has 0 spiro atoms. The maximum Gasteiger partial charge on any atom is 0.226 e. The topological polar surface area (TPSA) is 42.0 Å². The number of carbonyl (C=O) groups excluding carboxylic acids is 1. The first kappa shape index (κ1) is 12.3. The molecule has 1 N–H and O–H groups in total. The van der Waals surface area contributed by atoms with E-state index in [1.807, 2.05) is 24.3 Å². The van der Waals surface area contributed by atoms with Crippen molar-refractivity contribution >= 4 is 44.2 Å². The molecule has 1 amide bonds. The van der Waals surface area contributed by atoms with Crippen molar-refractivity contribution in [3.63, 3.8) is 0 Å². The van der Waals surface area contributed by atoms with Crippen LogP contribution in [0.5, 0.6) is 0 Å². The zero-order chi connectivity index (χ0) is 12.1. The second kappa shape index (κ2) is 5.98. The normalized spacial score (nSPS) is 10.6. The lowest BCUT2D eigenvalue weighted by atomic mass is 10.2. The Bertz CT molecular complexity index is 479. The Balaban J connectivity index is 1.96. The zero-order valence-corrected chi connectivity index (χ0v) is 10.9. The summed E-state index contributed by atoms with van der Waals surface area (Å²) in [6.07, 6.45) is 2.19. The van der Waals surface area contributed by atoms with Crippen LogP contribution >= 0.6 is 22.9 Å². The Hall–Kier alpha value is -1.13. The third-order valence-electron chi connectivity index (χ3n) is 2.33. The van der Waals surface area contributed by atoms with Crippen molar-refractivity contribution < 1.29 is 4.79 Å². The van der Waals surface area contributed by atoms with E-state index in [1.54, 1.807) is 0 Å². The first-order valence-electron chi connectivity index (χ1n) is 5.51. The number of anilines is 1. The summed E-state index contributed by atoms with van der Waals surface area (Å²) >= 11 is 7.05. The van der Waals surface area contributed by atoms with E-state index in [0.29, 0.717) is 17.4 Å². The first-order chi connectivity index (χ1) is 8.29. The summed E-state index contributed by atoms with van der Waals surface area (Å²) in [5, 5.41) is 3.48. The summed E-state index contributed by atoms with van der Waals surface area (Å²) in [6, 6.07) is 7.84. The van der Waals surface area contributed by atoms with Gasteiger partial charge in [-0.15, -0.1) is 11.6 Å². The van der Waals surface area contributed by atoms with Crippen molar-refractivity contribution in [2.75, 3.05) is 11.2 Å². The molecule has 1 aromatic heterocycles. The highest BCUT2D eigenvalue weighted by molar-refractivity contribution is 7.22. The fraction of sp³-hybridized carbons (Fsp3) is 0.333. The molecular weight excluding hydrogens is 256 g/mol. The van der Waals surface area contributed by atoms with Crippen molar-refractivity contribution in [2.24, 2.45) is 0 Å². The summed E-state index contributed by atoms with van der Waals surface area (Å²) in [5.41, 5.74) is 0.925. The van der Waals surface area contributed by atoms with Crippen molar-refractivity contribution in [1.29, 1.82) is 0 Å². The minimum absolute atomic E-state index is 0.00849. The molecule has 0 aliphatic rings. The smallest absolute Gasteiger partial charge is 0.226 e. The molecule has 0 radical (unpaired) electrons. The van der Waals surface area contributed by atoms with Gasteiger partial charge in [-0.05, 0) is 25.0 Å². The molecule has 0 aliphatic heterocycles. The predicted octanol–water partition coefficient (Wildman–Crippen LogP) is 3.64. The minimum atomic E-state index is 0.00849. The van der Waals surface area contributed by atoms with Crippen molar-refractivity contribution in [3.8, 4) is 0 Å². The Morgan fingerprint density at radius 1 is 1.35 bits per heavy atom. The first-order valence-corrected chi connectivity index (χ1v) is 6.86. The van der Waals surface area contributed by atoms with Gasteiger partial charge in [-0.2, -0.15) is 0 Å². The van der Waals surface area contributed by atoms with E-state index in [0.717, 1.165) is 23.1 Å². The van der Waals surface area contributed by atoms with E-state index in [2.05, 4.69) is 10.3 Å². The highest BCUT2D eigenvalue weighted by atomic mass is 35.5. The number of hydrogen-bond donors (Lipinski definition) is 1. The standard InChI is InChI=1S/C12H13ClN2OS/c13-8-4-3-7-11(16)15-12-14-9-5-1-2-6-10(9)17-12/h1-2,5-6H,3-4,7-8H2,(H,14,15,16). The van der Waals surface area contributed by atoms with Gasteiger partial charge in [-0.25, -0.2) is 4.98 Å². The molecule has 2 rings (SSSR count). The number of rotatable bonds is 5. The zero-order valence-electron chi connectivity index (χ0n) is 9.28. The van der Waals surface area contributed by atoms with Gasteiger partial charge in [0.1, 0.15) is 0 Å². The number of halogens is 1. The number of hydrogen-bond acceptors (Lipinski definition) is 3. The van der Waals surface area contributed by atoms with Crippen LogP contribution in [0, 0.1) is 0 Å². The molecule has 0 saturated heterocycles. The third-order valence-corrected chi connectivity index (χ3v) is 3.55. The van der Waals surface area contributed by atoms with Gasteiger partial charge in [0.05, 0.1) is 10.2 Å². The Morgan fingerprint density at radius 3 is 2.94 bits per heavy atom. The number of para-hydroxylation sites is 1. The van der Waals surface area contributed by atoms with Gasteiger partial charge in [0.15, 0.2) is 5.13 Å². The number of nitrogens with zero attached hydrogens (tertiary/aromatic N) is 1. The molecule has 0 saturated carbocycles. The minimum Gasteiger partial charge on any atom is -0.302 e. The van der Waals surface area contributed by atoms with E-state index in [1.165, 1.54) is 11.3 Å². The molecule has 0 fully saturated rings. The number of thiazole rings is 1. The van der Waals surface area contributed by atoms with E-state index < -0.39 is 0 Å². The van der Waals surface area contributed by atoms with Gasteiger partial charge in [0.2, 0.25) is 5.91 Å². The number of carbonyl (C=O) groups is 1. The lowest BCUT2D eigenvalue weighted by molar-refractivity contribution is -0.116. The number of alkyl halides is 1. The quantitative estimate of drug-likeness (QED) is 0.664.